The fourth-order valence-corrected chi connectivity index (χ4v) is 5.93. The van der Waals surface area contributed by atoms with Crippen molar-refractivity contribution in [1.82, 2.24) is 10.2 Å². The van der Waals surface area contributed by atoms with Gasteiger partial charge in [-0.05, 0) is 6.42 Å². The first-order valence-corrected chi connectivity index (χ1v) is 11.3. The molecule has 4 rings (SSSR count). The van der Waals surface area contributed by atoms with Gasteiger partial charge >= 0.3 is 0 Å². The summed E-state index contributed by atoms with van der Waals surface area (Å²) in [6, 6.07) is 0. The fourth-order valence-electron chi connectivity index (χ4n) is 3.67. The minimum atomic E-state index is -0.445. The Morgan fingerprint density at radius 2 is 1.43 bits per heavy atom. The van der Waals surface area contributed by atoms with E-state index in [0.29, 0.717) is 38.6 Å². The number of imide groups is 2. The van der Waals surface area contributed by atoms with Gasteiger partial charge in [0.25, 0.3) is 23.6 Å². The molecule has 4 amide bonds. The largest absolute Gasteiger partial charge is 0.288 e. The number of fused-ring (bicyclic) bond motifs is 2. The number of thiophene rings is 2. The highest BCUT2D eigenvalue weighted by atomic mass is 32.1. The Hall–Kier alpha value is -2.32. The van der Waals surface area contributed by atoms with E-state index in [2.05, 4.69) is 12.2 Å². The van der Waals surface area contributed by atoms with Gasteiger partial charge in [0.1, 0.15) is 0 Å². The van der Waals surface area contributed by atoms with Crippen LogP contribution in [0.25, 0.3) is 9.75 Å². The van der Waals surface area contributed by atoms with Gasteiger partial charge in [-0.3, -0.25) is 29.4 Å². The van der Waals surface area contributed by atoms with Crippen LogP contribution >= 0.6 is 22.7 Å². The summed E-state index contributed by atoms with van der Waals surface area (Å²) in [5.41, 5.74) is 1.43. The predicted octanol–water partition coefficient (Wildman–Crippen LogP) is 4.32. The lowest BCUT2D eigenvalue weighted by atomic mass is 10.1. The fraction of sp³-hybridized carbons (Fsp3) is 0.400. The number of hydrogen-bond donors (Lipinski definition) is 1. The monoisotopic (exact) mass is 416 g/mol. The Morgan fingerprint density at radius 1 is 0.786 bits per heavy atom. The molecule has 8 heteroatoms. The van der Waals surface area contributed by atoms with Crippen LogP contribution in [0.4, 0.5) is 0 Å². The lowest BCUT2D eigenvalue weighted by Crippen LogP contribution is -2.31. The van der Waals surface area contributed by atoms with Crippen molar-refractivity contribution in [3.05, 3.63) is 33.0 Å². The highest BCUT2D eigenvalue weighted by molar-refractivity contribution is 7.21. The van der Waals surface area contributed by atoms with Crippen molar-refractivity contribution in [2.75, 3.05) is 6.54 Å². The summed E-state index contributed by atoms with van der Waals surface area (Å²) in [7, 11) is 0. The molecule has 0 spiro atoms. The number of amides is 4. The number of carbonyl (C=O) groups is 4. The van der Waals surface area contributed by atoms with Gasteiger partial charge in [-0.25, -0.2) is 0 Å². The smallest absolute Gasteiger partial charge is 0.263 e. The Morgan fingerprint density at radius 3 is 2.18 bits per heavy atom. The maximum absolute atomic E-state index is 12.9. The van der Waals surface area contributed by atoms with Crippen molar-refractivity contribution in [1.29, 1.82) is 0 Å². The molecule has 28 heavy (non-hydrogen) atoms. The molecule has 2 aromatic rings. The SMILES string of the molecule is CCCCCCCCN1C(=O)c2csc(-c3scc4c3C(=O)NC4=O)c2C1=O. The minimum absolute atomic E-state index is 0.259. The maximum atomic E-state index is 12.9. The second-order valence-corrected chi connectivity index (χ2v) is 8.78. The highest BCUT2D eigenvalue weighted by Gasteiger charge is 2.41. The summed E-state index contributed by atoms with van der Waals surface area (Å²) in [5, 5.41) is 5.60. The van der Waals surface area contributed by atoms with E-state index >= 15 is 0 Å². The lowest BCUT2D eigenvalue weighted by molar-refractivity contribution is 0.0650. The molecule has 0 aliphatic carbocycles. The molecule has 146 valence electrons. The first-order chi connectivity index (χ1) is 13.5. The average Bonchev–Trinajstić information content (AvgIpc) is 3.39. The Labute approximate surface area is 170 Å². The van der Waals surface area contributed by atoms with Crippen LogP contribution < -0.4 is 5.32 Å². The minimum Gasteiger partial charge on any atom is -0.288 e. The van der Waals surface area contributed by atoms with Crippen LogP contribution in [-0.2, 0) is 0 Å². The quantitative estimate of drug-likeness (QED) is 0.513. The molecule has 6 nitrogen and oxygen atoms in total. The zero-order valence-electron chi connectivity index (χ0n) is 15.5. The first-order valence-electron chi connectivity index (χ1n) is 9.49. The molecule has 4 heterocycles. The van der Waals surface area contributed by atoms with Crippen molar-refractivity contribution < 1.29 is 19.2 Å². The molecular weight excluding hydrogens is 396 g/mol. The van der Waals surface area contributed by atoms with Gasteiger partial charge in [-0.1, -0.05) is 39.0 Å². The number of unbranched alkanes of at least 4 members (excludes halogenated alkanes) is 5. The second kappa shape index (κ2) is 7.60. The Balaban J connectivity index is 1.54. The van der Waals surface area contributed by atoms with E-state index < -0.39 is 11.8 Å². The van der Waals surface area contributed by atoms with Crippen LogP contribution in [0, 0.1) is 0 Å². The van der Waals surface area contributed by atoms with Gasteiger partial charge < -0.3 is 0 Å². The Kier molecular flexibility index (Phi) is 5.16. The van der Waals surface area contributed by atoms with Crippen molar-refractivity contribution >= 4 is 46.3 Å². The van der Waals surface area contributed by atoms with Crippen LogP contribution in [0.3, 0.4) is 0 Å². The van der Waals surface area contributed by atoms with E-state index in [0.717, 1.165) is 19.3 Å². The van der Waals surface area contributed by atoms with Gasteiger partial charge in [0.2, 0.25) is 0 Å². The van der Waals surface area contributed by atoms with Gasteiger partial charge in [0.15, 0.2) is 0 Å². The summed E-state index contributed by atoms with van der Waals surface area (Å²) in [6.07, 6.45) is 6.48. The molecule has 0 bridgehead atoms. The number of nitrogens with zero attached hydrogens (tertiary/aromatic N) is 1. The van der Waals surface area contributed by atoms with Crippen LogP contribution in [0.5, 0.6) is 0 Å². The second-order valence-electron chi connectivity index (χ2n) is 7.02. The summed E-state index contributed by atoms with van der Waals surface area (Å²) in [5.74, 6) is -1.41. The van der Waals surface area contributed by atoms with Crippen LogP contribution in [0.1, 0.15) is 86.9 Å². The van der Waals surface area contributed by atoms with E-state index in [1.165, 1.54) is 46.8 Å². The van der Waals surface area contributed by atoms with Crippen molar-refractivity contribution in [3.63, 3.8) is 0 Å². The van der Waals surface area contributed by atoms with Crippen LogP contribution in [0.15, 0.2) is 10.8 Å². The normalized spacial score (nSPS) is 15.4. The number of carbonyl (C=O) groups excluding carboxylic acids is 4. The van der Waals surface area contributed by atoms with Gasteiger partial charge in [0, 0.05) is 17.3 Å². The molecular formula is C20H20N2O4S2. The summed E-state index contributed by atoms with van der Waals surface area (Å²) < 4.78 is 0. The molecule has 2 aliphatic rings. The number of hydrogen-bond acceptors (Lipinski definition) is 6. The lowest BCUT2D eigenvalue weighted by Gasteiger charge is -2.14. The molecule has 0 saturated carbocycles. The standard InChI is InChI=1S/C20H20N2O4S2/c1-2-3-4-5-6-7-8-22-19(25)12-10-28-16(14(12)20(22)26)15-13-11(9-27-15)17(23)21-18(13)24/h9-10H,2-8H2,1H3,(H,21,23,24). The number of nitrogens with one attached hydrogen (secondary N) is 1. The molecule has 0 atom stereocenters. The molecule has 0 aromatic carbocycles. The maximum Gasteiger partial charge on any atom is 0.263 e. The van der Waals surface area contributed by atoms with E-state index in [4.69, 9.17) is 0 Å². The summed E-state index contributed by atoms with van der Waals surface area (Å²) in [4.78, 5) is 52.1. The number of rotatable bonds is 8. The molecule has 1 N–H and O–H groups in total. The van der Waals surface area contributed by atoms with Crippen molar-refractivity contribution in [2.24, 2.45) is 0 Å². The third kappa shape index (κ3) is 3.00. The predicted molar refractivity (Wildman–Crippen MR) is 108 cm³/mol. The zero-order chi connectivity index (χ0) is 19.8. The van der Waals surface area contributed by atoms with E-state index in [9.17, 15) is 19.2 Å². The van der Waals surface area contributed by atoms with Crippen molar-refractivity contribution in [3.8, 4) is 9.75 Å². The average molecular weight is 417 g/mol. The van der Waals surface area contributed by atoms with Crippen molar-refractivity contribution in [2.45, 2.75) is 45.4 Å². The third-order valence-corrected chi connectivity index (χ3v) is 7.28. The molecule has 0 unspecified atom stereocenters. The Bertz CT molecular complexity index is 988. The molecule has 0 radical (unpaired) electrons. The van der Waals surface area contributed by atoms with Crippen LogP contribution in [0.2, 0.25) is 0 Å². The van der Waals surface area contributed by atoms with E-state index in [-0.39, 0.29) is 11.8 Å². The van der Waals surface area contributed by atoms with Gasteiger partial charge in [-0.2, -0.15) is 0 Å². The third-order valence-electron chi connectivity index (χ3n) is 5.16. The highest BCUT2D eigenvalue weighted by Crippen LogP contribution is 2.44. The van der Waals surface area contributed by atoms with E-state index in [1.54, 1.807) is 10.8 Å². The molecule has 2 aromatic heterocycles. The summed E-state index contributed by atoms with van der Waals surface area (Å²) in [6.45, 7) is 2.59. The zero-order valence-corrected chi connectivity index (χ0v) is 17.1. The van der Waals surface area contributed by atoms with Crippen LogP contribution in [-0.4, -0.2) is 35.1 Å². The molecule has 0 fully saturated rings. The van der Waals surface area contributed by atoms with Gasteiger partial charge in [-0.15, -0.1) is 22.7 Å². The summed E-state index contributed by atoms with van der Waals surface area (Å²) >= 11 is 2.54. The molecule has 0 saturated heterocycles. The topological polar surface area (TPSA) is 83.6 Å². The molecule has 2 aliphatic heterocycles. The first kappa shape index (κ1) is 19.0. The van der Waals surface area contributed by atoms with E-state index in [1.807, 2.05) is 0 Å². The van der Waals surface area contributed by atoms with Gasteiger partial charge in [0.05, 0.1) is 32.0 Å².